The minimum absolute atomic E-state index is 0.243. The van der Waals surface area contributed by atoms with Crippen LogP contribution < -0.4 is 0 Å². The molecule has 2 saturated carbocycles. The monoisotopic (exact) mass is 532 g/mol. The van der Waals surface area contributed by atoms with E-state index in [-0.39, 0.29) is 6.42 Å². The van der Waals surface area contributed by atoms with E-state index in [0.29, 0.717) is 18.5 Å². The number of hydrogen-bond donors (Lipinski definition) is 1. The van der Waals surface area contributed by atoms with E-state index < -0.39 is 5.97 Å². The normalized spacial score (nSPS) is 34.7. The van der Waals surface area contributed by atoms with Crippen LogP contribution in [-0.4, -0.2) is 68.2 Å². The summed E-state index contributed by atoms with van der Waals surface area (Å²) in [7, 11) is 0. The molecule has 39 heavy (non-hydrogen) atoms. The molecule has 1 aromatic carbocycles. The second kappa shape index (κ2) is 11.2. The van der Waals surface area contributed by atoms with Gasteiger partial charge in [-0.1, -0.05) is 44.2 Å². The molecule has 6 nitrogen and oxygen atoms in total. The van der Waals surface area contributed by atoms with E-state index in [0.717, 1.165) is 61.4 Å². The van der Waals surface area contributed by atoms with E-state index in [1.165, 1.54) is 88.4 Å². The van der Waals surface area contributed by atoms with Gasteiger partial charge in [0, 0.05) is 36.6 Å². The van der Waals surface area contributed by atoms with Gasteiger partial charge in [0.2, 0.25) is 0 Å². The number of piperidine rings is 3. The second-order valence-corrected chi connectivity index (χ2v) is 13.8. The number of likely N-dealkylation sites (tertiary alicyclic amines) is 1. The molecule has 0 amide bonds. The highest BCUT2D eigenvalue weighted by atomic mass is 16.4. The molecule has 7 rings (SSSR count). The summed E-state index contributed by atoms with van der Waals surface area (Å²) in [5.41, 5.74) is 2.49. The first-order valence-electron chi connectivity index (χ1n) is 16.3. The van der Waals surface area contributed by atoms with Crippen LogP contribution in [0.15, 0.2) is 24.3 Å². The molecule has 212 valence electrons. The van der Waals surface area contributed by atoms with Crippen molar-refractivity contribution in [3.63, 3.8) is 0 Å². The summed E-state index contributed by atoms with van der Waals surface area (Å²) in [6.07, 6.45) is 19.5. The first kappa shape index (κ1) is 26.0. The second-order valence-electron chi connectivity index (χ2n) is 13.8. The number of carboxylic acid groups (broad SMARTS) is 1. The summed E-state index contributed by atoms with van der Waals surface area (Å²) in [5.74, 6) is 3.07. The molecule has 0 spiro atoms. The van der Waals surface area contributed by atoms with Crippen molar-refractivity contribution in [1.82, 2.24) is 19.4 Å². The lowest BCUT2D eigenvalue weighted by Gasteiger charge is -2.55. The Morgan fingerprint density at radius 3 is 2.18 bits per heavy atom. The fraction of sp³-hybridized carbons (Fsp3) is 0.758. The number of aromatic nitrogens is 2. The highest BCUT2D eigenvalue weighted by molar-refractivity contribution is 5.76. The number of imidazole rings is 1. The predicted octanol–water partition coefficient (Wildman–Crippen LogP) is 6.61. The van der Waals surface area contributed by atoms with E-state index >= 15 is 0 Å². The van der Waals surface area contributed by atoms with Crippen molar-refractivity contribution in [3.8, 4) is 0 Å². The number of benzene rings is 1. The first-order chi connectivity index (χ1) is 19.1. The van der Waals surface area contributed by atoms with Crippen LogP contribution in [0.3, 0.4) is 0 Å². The van der Waals surface area contributed by atoms with Crippen LogP contribution in [0.1, 0.15) is 114 Å². The molecule has 2 aliphatic carbocycles. The van der Waals surface area contributed by atoms with Gasteiger partial charge in [-0.2, -0.15) is 0 Å². The van der Waals surface area contributed by atoms with Gasteiger partial charge in [0.1, 0.15) is 5.82 Å². The number of aliphatic carboxylic acids is 1. The van der Waals surface area contributed by atoms with Crippen molar-refractivity contribution in [3.05, 3.63) is 30.1 Å². The fourth-order valence-electron chi connectivity index (χ4n) is 9.71. The summed E-state index contributed by atoms with van der Waals surface area (Å²) in [6, 6.07) is 11.7. The number of carbonyl (C=O) groups is 1. The van der Waals surface area contributed by atoms with Crippen LogP contribution in [0.2, 0.25) is 0 Å². The third-order valence-corrected chi connectivity index (χ3v) is 11.4. The van der Waals surface area contributed by atoms with E-state index in [2.05, 4.69) is 38.6 Å². The first-order valence-corrected chi connectivity index (χ1v) is 16.3. The Kier molecular flexibility index (Phi) is 7.44. The number of nitrogens with zero attached hydrogens (tertiary/aromatic N) is 4. The van der Waals surface area contributed by atoms with Crippen molar-refractivity contribution in [2.24, 2.45) is 11.8 Å². The van der Waals surface area contributed by atoms with Crippen LogP contribution in [0, 0.1) is 11.8 Å². The fourth-order valence-corrected chi connectivity index (χ4v) is 9.71. The molecule has 4 bridgehead atoms. The molecule has 3 aliphatic heterocycles. The Morgan fingerprint density at radius 1 is 0.795 bits per heavy atom. The standard InChI is InChI=1S/C33H48N4O2/c38-32(39)14-17-35-15-12-25(13-16-35)33-34-30-10-3-4-11-31(30)37(33)29-21-26-8-5-9-27(22-29)36(26)28-19-23-6-1-2-7-24(18-23)20-28/h3-4,10-11,23-29H,1-2,5-9,12-22H2,(H,38,39)/t23-,24+,26-,27+,28-,29-. The van der Waals surface area contributed by atoms with Gasteiger partial charge < -0.3 is 14.6 Å². The van der Waals surface area contributed by atoms with Gasteiger partial charge in [-0.15, -0.1) is 0 Å². The number of para-hydroxylation sites is 2. The molecule has 5 aliphatic rings. The maximum absolute atomic E-state index is 11.1. The quantitative estimate of drug-likeness (QED) is 0.454. The van der Waals surface area contributed by atoms with Crippen LogP contribution >= 0.6 is 0 Å². The van der Waals surface area contributed by atoms with Crippen LogP contribution in [0.25, 0.3) is 11.0 Å². The molecule has 1 aromatic heterocycles. The van der Waals surface area contributed by atoms with Crippen LogP contribution in [0.4, 0.5) is 0 Å². The summed E-state index contributed by atoms with van der Waals surface area (Å²) in [4.78, 5) is 21.8. The summed E-state index contributed by atoms with van der Waals surface area (Å²) >= 11 is 0. The Morgan fingerprint density at radius 2 is 1.49 bits per heavy atom. The van der Waals surface area contributed by atoms with Crippen molar-refractivity contribution in [2.45, 2.75) is 126 Å². The molecule has 6 heteroatoms. The van der Waals surface area contributed by atoms with Crippen molar-refractivity contribution in [1.29, 1.82) is 0 Å². The molecule has 3 saturated heterocycles. The number of carboxylic acids is 1. The lowest BCUT2D eigenvalue weighted by atomic mass is 9.73. The number of fused-ring (bicyclic) bond motifs is 5. The predicted molar refractivity (Wildman–Crippen MR) is 155 cm³/mol. The zero-order valence-electron chi connectivity index (χ0n) is 23.7. The zero-order chi connectivity index (χ0) is 26.3. The molecule has 4 heterocycles. The van der Waals surface area contributed by atoms with E-state index in [1.54, 1.807) is 0 Å². The molecule has 2 aromatic rings. The van der Waals surface area contributed by atoms with Crippen molar-refractivity contribution in [2.75, 3.05) is 19.6 Å². The Hall–Kier alpha value is -1.92. The average molecular weight is 533 g/mol. The van der Waals surface area contributed by atoms with Gasteiger partial charge in [-0.3, -0.25) is 9.69 Å². The molecular weight excluding hydrogens is 484 g/mol. The zero-order valence-corrected chi connectivity index (χ0v) is 23.7. The minimum Gasteiger partial charge on any atom is -0.481 e. The minimum atomic E-state index is -0.692. The van der Waals surface area contributed by atoms with Gasteiger partial charge in [0.15, 0.2) is 0 Å². The maximum atomic E-state index is 11.1. The molecule has 5 fully saturated rings. The average Bonchev–Trinajstić information content (AvgIpc) is 3.24. The van der Waals surface area contributed by atoms with Crippen LogP contribution in [0.5, 0.6) is 0 Å². The molecular formula is C33H48N4O2. The molecule has 6 atom stereocenters. The Bertz CT molecular complexity index is 1130. The van der Waals surface area contributed by atoms with Crippen molar-refractivity contribution < 1.29 is 9.90 Å². The van der Waals surface area contributed by atoms with Crippen molar-refractivity contribution >= 4 is 17.0 Å². The molecule has 0 unspecified atom stereocenters. The number of rotatable bonds is 6. The third-order valence-electron chi connectivity index (χ3n) is 11.4. The van der Waals surface area contributed by atoms with E-state index in [4.69, 9.17) is 10.1 Å². The topological polar surface area (TPSA) is 61.6 Å². The van der Waals surface area contributed by atoms with E-state index in [1.807, 2.05) is 0 Å². The lowest BCUT2D eigenvalue weighted by Crippen LogP contribution is -2.58. The van der Waals surface area contributed by atoms with E-state index in [9.17, 15) is 4.79 Å². The smallest absolute Gasteiger partial charge is 0.304 e. The van der Waals surface area contributed by atoms with Gasteiger partial charge in [0.25, 0.3) is 0 Å². The summed E-state index contributed by atoms with van der Waals surface area (Å²) < 4.78 is 2.70. The highest BCUT2D eigenvalue weighted by Gasteiger charge is 2.45. The summed E-state index contributed by atoms with van der Waals surface area (Å²) in [6.45, 7) is 2.63. The number of hydrogen-bond acceptors (Lipinski definition) is 4. The molecule has 0 radical (unpaired) electrons. The van der Waals surface area contributed by atoms with Gasteiger partial charge in [-0.25, -0.2) is 4.98 Å². The summed E-state index contributed by atoms with van der Waals surface area (Å²) in [5, 5.41) is 9.12. The lowest BCUT2D eigenvalue weighted by molar-refractivity contribution is -0.137. The molecule has 1 N–H and O–H groups in total. The SMILES string of the molecule is O=C(O)CCN1CCC(c2nc3ccccc3n2[C@@H]2C[C@H]3CCC[C@@H](C2)N3[C@@H]2C[C@@H]3CCCC[C@@H](C3)C2)CC1. The van der Waals surface area contributed by atoms with Gasteiger partial charge >= 0.3 is 5.97 Å². The highest BCUT2D eigenvalue weighted by Crippen LogP contribution is 2.48. The van der Waals surface area contributed by atoms with Gasteiger partial charge in [0.05, 0.1) is 17.5 Å². The Balaban J connectivity index is 1.12. The third kappa shape index (κ3) is 5.28. The van der Waals surface area contributed by atoms with Crippen LogP contribution in [-0.2, 0) is 4.79 Å². The van der Waals surface area contributed by atoms with Gasteiger partial charge in [-0.05, 0) is 94.8 Å². The Labute approximate surface area is 234 Å². The maximum Gasteiger partial charge on any atom is 0.304 e. The largest absolute Gasteiger partial charge is 0.481 e.